The largest absolute Gasteiger partial charge is 0.465 e. The van der Waals surface area contributed by atoms with Crippen LogP contribution in [0.5, 0.6) is 0 Å². The highest BCUT2D eigenvalue weighted by atomic mass is 16.6. The fourth-order valence-electron chi connectivity index (χ4n) is 3.06. The molecule has 0 bridgehead atoms. The van der Waals surface area contributed by atoms with Crippen molar-refractivity contribution in [1.82, 2.24) is 4.90 Å². The van der Waals surface area contributed by atoms with Gasteiger partial charge in [0.15, 0.2) is 5.92 Å². The van der Waals surface area contributed by atoms with Gasteiger partial charge in [-0.3, -0.25) is 14.4 Å². The van der Waals surface area contributed by atoms with E-state index >= 15 is 0 Å². The van der Waals surface area contributed by atoms with E-state index in [4.69, 9.17) is 9.47 Å². The maximum absolute atomic E-state index is 12.2. The molecular formula is C16H27NO5. The van der Waals surface area contributed by atoms with Gasteiger partial charge in [-0.2, -0.15) is 0 Å². The minimum atomic E-state index is -0.977. The average Bonchev–Trinajstić information content (AvgIpc) is 2.96. The molecular weight excluding hydrogens is 286 g/mol. The normalized spacial score (nSPS) is 19.1. The van der Waals surface area contributed by atoms with Crippen LogP contribution in [0.25, 0.3) is 0 Å². The van der Waals surface area contributed by atoms with Crippen molar-refractivity contribution in [3.8, 4) is 0 Å². The summed E-state index contributed by atoms with van der Waals surface area (Å²) in [6.07, 6.45) is 2.11. The van der Waals surface area contributed by atoms with Crippen molar-refractivity contribution in [3.63, 3.8) is 0 Å². The number of carbonyl (C=O) groups excluding carboxylic acids is 3. The third-order valence-electron chi connectivity index (χ3n) is 4.14. The number of hydrogen-bond donors (Lipinski definition) is 0. The molecule has 0 spiro atoms. The molecule has 0 aromatic rings. The van der Waals surface area contributed by atoms with E-state index in [2.05, 4.69) is 0 Å². The second kappa shape index (κ2) is 8.76. The molecule has 6 nitrogen and oxygen atoms in total. The average molecular weight is 313 g/mol. The van der Waals surface area contributed by atoms with Gasteiger partial charge in [0.05, 0.1) is 13.2 Å². The second-order valence-corrected chi connectivity index (χ2v) is 5.49. The van der Waals surface area contributed by atoms with E-state index in [0.29, 0.717) is 13.0 Å². The van der Waals surface area contributed by atoms with Gasteiger partial charge in [0.1, 0.15) is 0 Å². The summed E-state index contributed by atoms with van der Waals surface area (Å²) < 4.78 is 10.1. The highest BCUT2D eigenvalue weighted by molar-refractivity contribution is 5.95. The van der Waals surface area contributed by atoms with E-state index in [1.807, 2.05) is 13.8 Å². The van der Waals surface area contributed by atoms with E-state index in [0.717, 1.165) is 12.8 Å². The predicted molar refractivity (Wildman–Crippen MR) is 80.9 cm³/mol. The summed E-state index contributed by atoms with van der Waals surface area (Å²) in [4.78, 5) is 38.2. The first kappa shape index (κ1) is 18.5. The number of nitrogens with zero attached hydrogens (tertiary/aromatic N) is 1. The van der Waals surface area contributed by atoms with Gasteiger partial charge in [-0.1, -0.05) is 13.8 Å². The molecule has 126 valence electrons. The van der Waals surface area contributed by atoms with Crippen LogP contribution in [0.15, 0.2) is 0 Å². The number of amides is 1. The summed E-state index contributed by atoms with van der Waals surface area (Å²) in [5.74, 6) is -2.37. The van der Waals surface area contributed by atoms with Crippen molar-refractivity contribution in [2.45, 2.75) is 53.0 Å². The fourth-order valence-corrected chi connectivity index (χ4v) is 3.06. The van der Waals surface area contributed by atoms with Crippen LogP contribution in [-0.4, -0.2) is 48.5 Å². The van der Waals surface area contributed by atoms with E-state index < -0.39 is 17.9 Å². The lowest BCUT2D eigenvalue weighted by Crippen LogP contribution is -2.45. The molecule has 2 unspecified atom stereocenters. The molecule has 1 amide bonds. The SMILES string of the molecule is CCOC(=O)C(C(=O)OCC)C(C)C1CCCN1C(=O)CC. The molecule has 0 aromatic carbocycles. The van der Waals surface area contributed by atoms with Gasteiger partial charge < -0.3 is 14.4 Å². The first-order chi connectivity index (χ1) is 10.5. The standard InChI is InChI=1S/C16H27NO5/c1-5-13(18)17-10-8-9-12(17)11(4)14(15(19)21-6-2)16(20)22-7-3/h11-12,14H,5-10H2,1-4H3. The molecule has 2 atom stereocenters. The monoisotopic (exact) mass is 313 g/mol. The minimum Gasteiger partial charge on any atom is -0.465 e. The van der Waals surface area contributed by atoms with Gasteiger partial charge in [-0.15, -0.1) is 0 Å². The lowest BCUT2D eigenvalue weighted by molar-refractivity contribution is -0.166. The Morgan fingerprint density at radius 3 is 2.09 bits per heavy atom. The number of rotatable bonds is 7. The molecule has 6 heteroatoms. The zero-order valence-electron chi connectivity index (χ0n) is 14.0. The molecule has 0 aromatic heterocycles. The Kier molecular flexibility index (Phi) is 7.35. The molecule has 22 heavy (non-hydrogen) atoms. The lowest BCUT2D eigenvalue weighted by Gasteiger charge is -2.32. The predicted octanol–water partition coefficient (Wildman–Crippen LogP) is 1.77. The third kappa shape index (κ3) is 4.21. The van der Waals surface area contributed by atoms with Gasteiger partial charge in [-0.05, 0) is 26.7 Å². The molecule has 1 fully saturated rings. The van der Waals surface area contributed by atoms with Crippen LogP contribution in [0.2, 0.25) is 0 Å². The van der Waals surface area contributed by atoms with Gasteiger partial charge in [0, 0.05) is 24.9 Å². The van der Waals surface area contributed by atoms with E-state index in [-0.39, 0.29) is 31.1 Å². The minimum absolute atomic E-state index is 0.0563. The third-order valence-corrected chi connectivity index (χ3v) is 4.14. The maximum atomic E-state index is 12.2. The Labute approximate surface area is 132 Å². The Balaban J connectivity index is 2.94. The second-order valence-electron chi connectivity index (χ2n) is 5.49. The van der Waals surface area contributed by atoms with Crippen LogP contribution in [0.1, 0.15) is 47.0 Å². The zero-order valence-corrected chi connectivity index (χ0v) is 14.0. The van der Waals surface area contributed by atoms with Crippen LogP contribution in [0.3, 0.4) is 0 Å². The number of likely N-dealkylation sites (tertiary alicyclic amines) is 1. The molecule has 0 saturated carbocycles. The highest BCUT2D eigenvalue weighted by Gasteiger charge is 2.43. The molecule has 1 heterocycles. The van der Waals surface area contributed by atoms with Crippen LogP contribution in [-0.2, 0) is 23.9 Å². The van der Waals surface area contributed by atoms with Crippen molar-refractivity contribution in [2.24, 2.45) is 11.8 Å². The molecule has 1 aliphatic rings. The first-order valence-corrected chi connectivity index (χ1v) is 8.10. The lowest BCUT2D eigenvalue weighted by atomic mass is 9.86. The van der Waals surface area contributed by atoms with Crippen molar-refractivity contribution in [3.05, 3.63) is 0 Å². The van der Waals surface area contributed by atoms with Crippen molar-refractivity contribution in [1.29, 1.82) is 0 Å². The number of hydrogen-bond acceptors (Lipinski definition) is 5. The fraction of sp³-hybridized carbons (Fsp3) is 0.812. The van der Waals surface area contributed by atoms with Crippen molar-refractivity contribution < 1.29 is 23.9 Å². The topological polar surface area (TPSA) is 72.9 Å². The van der Waals surface area contributed by atoms with E-state index in [9.17, 15) is 14.4 Å². The summed E-state index contributed by atoms with van der Waals surface area (Å²) >= 11 is 0. The van der Waals surface area contributed by atoms with Gasteiger partial charge in [0.25, 0.3) is 0 Å². The molecule has 1 saturated heterocycles. The zero-order chi connectivity index (χ0) is 16.7. The summed E-state index contributed by atoms with van der Waals surface area (Å²) in [7, 11) is 0. The van der Waals surface area contributed by atoms with Crippen LogP contribution >= 0.6 is 0 Å². The Morgan fingerprint density at radius 2 is 1.64 bits per heavy atom. The van der Waals surface area contributed by atoms with E-state index in [1.165, 1.54) is 0 Å². The quantitative estimate of drug-likeness (QED) is 0.529. The molecule has 0 radical (unpaired) electrons. The molecule has 0 aliphatic carbocycles. The Bertz CT molecular complexity index is 391. The van der Waals surface area contributed by atoms with Gasteiger partial charge >= 0.3 is 11.9 Å². The van der Waals surface area contributed by atoms with Crippen LogP contribution in [0, 0.1) is 11.8 Å². The first-order valence-electron chi connectivity index (χ1n) is 8.10. The summed E-state index contributed by atoms with van der Waals surface area (Å²) in [5.41, 5.74) is 0. The highest BCUT2D eigenvalue weighted by Crippen LogP contribution is 2.30. The molecule has 1 aliphatic heterocycles. The van der Waals surface area contributed by atoms with Gasteiger partial charge in [-0.25, -0.2) is 0 Å². The van der Waals surface area contributed by atoms with Gasteiger partial charge in [0.2, 0.25) is 5.91 Å². The number of carbonyl (C=O) groups is 3. The summed E-state index contributed by atoms with van der Waals surface area (Å²) in [6, 6.07) is -0.119. The Morgan fingerprint density at radius 1 is 1.09 bits per heavy atom. The smallest absolute Gasteiger partial charge is 0.320 e. The number of ether oxygens (including phenoxy) is 2. The van der Waals surface area contributed by atoms with Crippen LogP contribution < -0.4 is 0 Å². The summed E-state index contributed by atoms with van der Waals surface area (Å²) in [6.45, 7) is 8.15. The van der Waals surface area contributed by atoms with E-state index in [1.54, 1.807) is 18.7 Å². The maximum Gasteiger partial charge on any atom is 0.320 e. The van der Waals surface area contributed by atoms with Crippen molar-refractivity contribution >= 4 is 17.8 Å². The summed E-state index contributed by atoms with van der Waals surface area (Å²) in [5, 5.41) is 0. The Hall–Kier alpha value is -1.59. The van der Waals surface area contributed by atoms with Crippen LogP contribution in [0.4, 0.5) is 0 Å². The number of esters is 2. The molecule has 0 N–H and O–H groups in total. The molecule has 1 rings (SSSR count). The van der Waals surface area contributed by atoms with Crippen molar-refractivity contribution in [2.75, 3.05) is 19.8 Å².